The minimum absolute atomic E-state index is 1.16. The first-order valence-electron chi connectivity index (χ1n) is 7.72. The summed E-state index contributed by atoms with van der Waals surface area (Å²) < 4.78 is 2.06. The van der Waals surface area contributed by atoms with Gasteiger partial charge in [0.1, 0.15) is 0 Å². The van der Waals surface area contributed by atoms with Crippen LogP contribution in [0.4, 0.5) is 0 Å². The zero-order valence-corrected chi connectivity index (χ0v) is 12.5. The van der Waals surface area contributed by atoms with E-state index in [0.29, 0.717) is 0 Å². The van der Waals surface area contributed by atoms with Gasteiger partial charge in [-0.05, 0) is 57.3 Å². The molecule has 0 bridgehead atoms. The van der Waals surface area contributed by atoms with Crippen molar-refractivity contribution < 1.29 is 0 Å². The molecule has 23 heavy (non-hydrogen) atoms. The van der Waals surface area contributed by atoms with Crippen LogP contribution < -0.4 is 0 Å². The molecular formula is C21H14N2. The lowest BCUT2D eigenvalue weighted by atomic mass is 9.99. The van der Waals surface area contributed by atoms with E-state index in [4.69, 9.17) is 0 Å². The molecule has 5 aromatic rings. The number of fused-ring (bicyclic) bond motifs is 3. The maximum Gasteiger partial charge on any atom is 0.0991 e. The Bertz CT molecular complexity index is 1150. The molecule has 108 valence electrons. The third kappa shape index (κ3) is 1.92. The number of nitrogens with zero attached hydrogens (tertiary/aromatic N) is 2. The molecule has 0 amide bonds. The summed E-state index contributed by atoms with van der Waals surface area (Å²) in [6, 6.07) is 24.0. The normalized spacial score (nSPS) is 11.5. The first-order valence-corrected chi connectivity index (χ1v) is 7.72. The van der Waals surface area contributed by atoms with Gasteiger partial charge in [-0.2, -0.15) is 0 Å². The van der Waals surface area contributed by atoms with Gasteiger partial charge in [-0.25, -0.2) is 4.98 Å². The minimum Gasteiger partial charge on any atom is -0.306 e. The number of aromatic nitrogens is 2. The lowest BCUT2D eigenvalue weighted by Gasteiger charge is -2.10. The van der Waals surface area contributed by atoms with Crippen LogP contribution in [0, 0.1) is 0 Å². The summed E-state index contributed by atoms with van der Waals surface area (Å²) in [4.78, 5) is 4.17. The number of benzene rings is 4. The highest BCUT2D eigenvalue weighted by Crippen LogP contribution is 2.30. The Kier molecular flexibility index (Phi) is 2.53. The first kappa shape index (κ1) is 12.4. The Balaban J connectivity index is 1.89. The monoisotopic (exact) mass is 294 g/mol. The fourth-order valence-corrected chi connectivity index (χ4v) is 3.33. The molecule has 0 aliphatic heterocycles. The summed E-state index contributed by atoms with van der Waals surface area (Å²) in [5, 5.41) is 7.60. The molecule has 0 aliphatic carbocycles. The van der Waals surface area contributed by atoms with Crippen molar-refractivity contribution in [2.75, 3.05) is 0 Å². The van der Waals surface area contributed by atoms with Gasteiger partial charge in [0.15, 0.2) is 0 Å². The molecule has 1 aromatic heterocycles. The Hall–Kier alpha value is -3.13. The van der Waals surface area contributed by atoms with Crippen molar-refractivity contribution in [3.05, 3.63) is 85.5 Å². The average molecular weight is 294 g/mol. The van der Waals surface area contributed by atoms with Crippen molar-refractivity contribution >= 4 is 32.3 Å². The third-order valence-electron chi connectivity index (χ3n) is 4.46. The molecule has 0 N–H and O–H groups in total. The second-order valence-corrected chi connectivity index (χ2v) is 5.87. The standard InChI is InChI=1S/C21H14N2/c1-2-5-16-11-19-13-20-17(12-18(19)10-15(16)4-1)6-3-7-21(20)23-9-8-22-14-23/h1-14H. The average Bonchev–Trinajstić information content (AvgIpc) is 3.12. The molecule has 0 spiro atoms. The van der Waals surface area contributed by atoms with Crippen molar-refractivity contribution in [2.45, 2.75) is 0 Å². The molecule has 0 saturated carbocycles. The molecule has 0 saturated heterocycles. The lowest BCUT2D eigenvalue weighted by molar-refractivity contribution is 1.07. The van der Waals surface area contributed by atoms with Gasteiger partial charge in [0.2, 0.25) is 0 Å². The van der Waals surface area contributed by atoms with Crippen molar-refractivity contribution in [1.82, 2.24) is 9.55 Å². The summed E-state index contributed by atoms with van der Waals surface area (Å²) in [6.07, 6.45) is 5.64. The topological polar surface area (TPSA) is 17.8 Å². The van der Waals surface area contributed by atoms with Crippen molar-refractivity contribution in [1.29, 1.82) is 0 Å². The summed E-state index contributed by atoms with van der Waals surface area (Å²) >= 11 is 0. The van der Waals surface area contributed by atoms with Gasteiger partial charge in [0, 0.05) is 17.8 Å². The van der Waals surface area contributed by atoms with Crippen LogP contribution in [0.1, 0.15) is 0 Å². The van der Waals surface area contributed by atoms with Crippen LogP contribution in [0.25, 0.3) is 38.0 Å². The van der Waals surface area contributed by atoms with Crippen LogP contribution in [-0.4, -0.2) is 9.55 Å². The van der Waals surface area contributed by atoms with E-state index in [1.165, 1.54) is 32.3 Å². The fourth-order valence-electron chi connectivity index (χ4n) is 3.33. The largest absolute Gasteiger partial charge is 0.306 e. The van der Waals surface area contributed by atoms with E-state index in [9.17, 15) is 0 Å². The van der Waals surface area contributed by atoms with Crippen molar-refractivity contribution in [3.8, 4) is 5.69 Å². The van der Waals surface area contributed by atoms with Gasteiger partial charge in [0.05, 0.1) is 12.0 Å². The van der Waals surface area contributed by atoms with Gasteiger partial charge in [-0.15, -0.1) is 0 Å². The predicted octanol–water partition coefficient (Wildman–Crippen LogP) is 5.33. The van der Waals surface area contributed by atoms with Crippen LogP contribution in [-0.2, 0) is 0 Å². The number of hydrogen-bond acceptors (Lipinski definition) is 1. The smallest absolute Gasteiger partial charge is 0.0991 e. The molecule has 0 unspecified atom stereocenters. The van der Waals surface area contributed by atoms with Crippen molar-refractivity contribution in [2.24, 2.45) is 0 Å². The summed E-state index contributed by atoms with van der Waals surface area (Å²) in [6.45, 7) is 0. The van der Waals surface area contributed by atoms with E-state index in [-0.39, 0.29) is 0 Å². The highest BCUT2D eigenvalue weighted by molar-refractivity contribution is 6.06. The quantitative estimate of drug-likeness (QED) is 0.382. The molecule has 1 heterocycles. The van der Waals surface area contributed by atoms with Crippen LogP contribution in [0.15, 0.2) is 85.5 Å². The Morgan fingerprint density at radius 1 is 0.652 bits per heavy atom. The van der Waals surface area contributed by atoms with Crippen LogP contribution in [0.2, 0.25) is 0 Å². The second kappa shape index (κ2) is 4.68. The fraction of sp³-hybridized carbons (Fsp3) is 0. The summed E-state index contributed by atoms with van der Waals surface area (Å²) in [7, 11) is 0. The number of imidazole rings is 1. The predicted molar refractivity (Wildman–Crippen MR) is 96.1 cm³/mol. The van der Waals surface area contributed by atoms with Gasteiger partial charge in [0.25, 0.3) is 0 Å². The molecule has 5 rings (SSSR count). The van der Waals surface area contributed by atoms with E-state index < -0.39 is 0 Å². The number of rotatable bonds is 1. The molecular weight excluding hydrogens is 280 g/mol. The van der Waals surface area contributed by atoms with E-state index in [0.717, 1.165) is 5.69 Å². The van der Waals surface area contributed by atoms with E-state index in [1.807, 2.05) is 18.7 Å². The van der Waals surface area contributed by atoms with E-state index in [1.54, 1.807) is 0 Å². The molecule has 0 aliphatic rings. The maximum atomic E-state index is 4.17. The zero-order chi connectivity index (χ0) is 15.2. The summed E-state index contributed by atoms with van der Waals surface area (Å²) in [5.41, 5.74) is 1.16. The van der Waals surface area contributed by atoms with Crippen LogP contribution in [0.5, 0.6) is 0 Å². The Labute approximate surface area is 133 Å². The van der Waals surface area contributed by atoms with E-state index in [2.05, 4.69) is 76.3 Å². The first-order chi connectivity index (χ1) is 11.4. The molecule has 0 atom stereocenters. The van der Waals surface area contributed by atoms with Gasteiger partial charge in [-0.3, -0.25) is 0 Å². The molecule has 0 radical (unpaired) electrons. The van der Waals surface area contributed by atoms with Gasteiger partial charge < -0.3 is 4.57 Å². The second-order valence-electron chi connectivity index (χ2n) is 5.87. The summed E-state index contributed by atoms with van der Waals surface area (Å²) in [5.74, 6) is 0. The maximum absolute atomic E-state index is 4.17. The highest BCUT2D eigenvalue weighted by Gasteiger charge is 2.05. The molecule has 2 nitrogen and oxygen atoms in total. The molecule has 2 heteroatoms. The SMILES string of the molecule is c1ccc2cc3cc4c(-n5ccnc5)cccc4cc3cc2c1. The molecule has 0 fully saturated rings. The van der Waals surface area contributed by atoms with Gasteiger partial charge >= 0.3 is 0 Å². The van der Waals surface area contributed by atoms with Crippen LogP contribution in [0.3, 0.4) is 0 Å². The Morgan fingerprint density at radius 3 is 2.09 bits per heavy atom. The Morgan fingerprint density at radius 2 is 1.35 bits per heavy atom. The highest BCUT2D eigenvalue weighted by atomic mass is 15.0. The van der Waals surface area contributed by atoms with Crippen molar-refractivity contribution in [3.63, 3.8) is 0 Å². The van der Waals surface area contributed by atoms with Crippen LogP contribution >= 0.6 is 0 Å². The zero-order valence-electron chi connectivity index (χ0n) is 12.5. The van der Waals surface area contributed by atoms with E-state index >= 15 is 0 Å². The molecule has 4 aromatic carbocycles. The van der Waals surface area contributed by atoms with Gasteiger partial charge in [-0.1, -0.05) is 36.4 Å². The minimum atomic E-state index is 1.16. The number of hydrogen-bond donors (Lipinski definition) is 0. The lowest BCUT2D eigenvalue weighted by Crippen LogP contribution is -1.91. The third-order valence-corrected chi connectivity index (χ3v) is 4.46.